The molecular weight excluding hydrogens is 496 g/mol. The maximum absolute atomic E-state index is 12.7. The third-order valence-corrected chi connectivity index (χ3v) is 9.15. The number of halogens is 1. The number of nitrogens with zero attached hydrogens (tertiary/aromatic N) is 3. The fraction of sp³-hybridized carbons (Fsp3) is 0.346. The van der Waals surface area contributed by atoms with Crippen molar-refractivity contribution in [3.63, 3.8) is 0 Å². The Kier molecular flexibility index (Phi) is 6.48. The molecule has 3 aliphatic rings. The van der Waals surface area contributed by atoms with Gasteiger partial charge in [0, 0.05) is 34.7 Å². The second kappa shape index (κ2) is 9.46. The summed E-state index contributed by atoms with van der Waals surface area (Å²) in [5, 5.41) is 3.73. The van der Waals surface area contributed by atoms with Gasteiger partial charge in [-0.25, -0.2) is 23.4 Å². The highest BCUT2D eigenvalue weighted by Crippen LogP contribution is 2.46. The van der Waals surface area contributed by atoms with Crippen LogP contribution < -0.4 is 15.8 Å². The van der Waals surface area contributed by atoms with E-state index >= 15 is 0 Å². The number of fused-ring (bicyclic) bond motifs is 3. The molecule has 0 unspecified atom stereocenters. The largest absolute Gasteiger partial charge is 0.349 e. The van der Waals surface area contributed by atoms with Crippen LogP contribution in [-0.2, 0) is 10.0 Å². The molecule has 1 aromatic carbocycles. The maximum Gasteiger partial charge on any atom is 0.264 e. The SMILES string of the molecule is Cc1nc(NS(=O)(=O)c2ccccc2Cl)ccc1/C=C/c1cnc(NC23CCC(N)(CC2)CC3)nc1. The van der Waals surface area contributed by atoms with E-state index in [1.165, 1.54) is 12.1 Å². The number of benzene rings is 1. The second-order valence-electron chi connectivity index (χ2n) is 9.85. The average Bonchev–Trinajstić information content (AvgIpc) is 2.85. The molecule has 0 atom stereocenters. The first-order valence-corrected chi connectivity index (χ1v) is 13.8. The average molecular weight is 525 g/mol. The summed E-state index contributed by atoms with van der Waals surface area (Å²) < 4.78 is 27.8. The van der Waals surface area contributed by atoms with Crippen LogP contribution in [0, 0.1) is 6.92 Å². The molecule has 36 heavy (non-hydrogen) atoms. The van der Waals surface area contributed by atoms with Gasteiger partial charge < -0.3 is 11.1 Å². The van der Waals surface area contributed by atoms with E-state index in [2.05, 4.69) is 25.0 Å². The highest BCUT2D eigenvalue weighted by atomic mass is 35.5. The van der Waals surface area contributed by atoms with E-state index in [4.69, 9.17) is 17.3 Å². The molecule has 2 heterocycles. The number of anilines is 2. The van der Waals surface area contributed by atoms with Crippen molar-refractivity contribution in [3.05, 3.63) is 70.6 Å². The zero-order valence-electron chi connectivity index (χ0n) is 20.0. The van der Waals surface area contributed by atoms with E-state index in [1.807, 2.05) is 25.1 Å². The maximum atomic E-state index is 12.7. The fourth-order valence-corrected chi connectivity index (χ4v) is 6.50. The topological polar surface area (TPSA) is 123 Å². The molecule has 0 aliphatic heterocycles. The van der Waals surface area contributed by atoms with Gasteiger partial charge in [0.2, 0.25) is 5.95 Å². The zero-order chi connectivity index (χ0) is 25.4. The van der Waals surface area contributed by atoms with Crippen LogP contribution in [0.25, 0.3) is 12.2 Å². The zero-order valence-corrected chi connectivity index (χ0v) is 21.6. The molecule has 10 heteroatoms. The Bertz CT molecular complexity index is 1380. The van der Waals surface area contributed by atoms with E-state index in [0.717, 1.165) is 49.7 Å². The molecule has 3 saturated carbocycles. The highest BCUT2D eigenvalue weighted by molar-refractivity contribution is 7.92. The third-order valence-electron chi connectivity index (χ3n) is 7.30. The van der Waals surface area contributed by atoms with Crippen LogP contribution in [0.5, 0.6) is 0 Å². The lowest BCUT2D eigenvalue weighted by atomic mass is 9.62. The number of hydrogen-bond acceptors (Lipinski definition) is 7. The molecule has 3 aliphatic carbocycles. The molecule has 188 valence electrons. The van der Waals surface area contributed by atoms with Crippen LogP contribution in [0.4, 0.5) is 11.8 Å². The summed E-state index contributed by atoms with van der Waals surface area (Å²) in [5.41, 5.74) is 8.90. The normalized spacial score (nSPS) is 23.6. The lowest BCUT2D eigenvalue weighted by molar-refractivity contribution is 0.126. The predicted octanol–water partition coefficient (Wildman–Crippen LogP) is 5.02. The molecule has 0 radical (unpaired) electrons. The first-order chi connectivity index (χ1) is 17.2. The number of sulfonamides is 1. The van der Waals surface area contributed by atoms with Crippen LogP contribution in [0.15, 0.2) is 53.7 Å². The lowest BCUT2D eigenvalue weighted by Gasteiger charge is -2.52. The van der Waals surface area contributed by atoms with Gasteiger partial charge in [0.15, 0.2) is 0 Å². The van der Waals surface area contributed by atoms with Crippen LogP contribution in [-0.4, -0.2) is 34.4 Å². The van der Waals surface area contributed by atoms with Crippen molar-refractivity contribution in [1.82, 2.24) is 15.0 Å². The van der Waals surface area contributed by atoms with Gasteiger partial charge in [-0.15, -0.1) is 0 Å². The molecular formula is C26H29ClN6O2S. The summed E-state index contributed by atoms with van der Waals surface area (Å²) in [6, 6.07) is 9.71. The molecule has 0 spiro atoms. The van der Waals surface area contributed by atoms with Crippen molar-refractivity contribution in [2.75, 3.05) is 10.0 Å². The summed E-state index contributed by atoms with van der Waals surface area (Å²) in [5.74, 6) is 0.867. The fourth-order valence-electron chi connectivity index (χ4n) is 4.97. The van der Waals surface area contributed by atoms with E-state index in [0.29, 0.717) is 11.6 Å². The van der Waals surface area contributed by atoms with E-state index < -0.39 is 10.0 Å². The Labute approximate surface area is 216 Å². The molecule has 2 aromatic heterocycles. The quantitative estimate of drug-likeness (QED) is 0.396. The number of pyridine rings is 1. The smallest absolute Gasteiger partial charge is 0.264 e. The monoisotopic (exact) mass is 524 g/mol. The lowest BCUT2D eigenvalue weighted by Crippen LogP contribution is -2.57. The standard InChI is InChI=1S/C26H29ClN6O2S/c1-18-20(8-9-23(31-18)33-36(34,35)22-5-3-2-4-21(22)27)7-6-19-16-29-24(30-17-19)32-26-13-10-25(28,11-14-26)12-15-26/h2-9,16-17H,10-15,28H2,1H3,(H,31,33)(H,29,30,32)/b7-6+. The number of nitrogens with one attached hydrogen (secondary N) is 2. The third kappa shape index (κ3) is 5.23. The van der Waals surface area contributed by atoms with Crippen molar-refractivity contribution >= 4 is 45.5 Å². The minimum absolute atomic E-state index is 0.00657. The molecule has 0 saturated heterocycles. The van der Waals surface area contributed by atoms with Crippen molar-refractivity contribution in [3.8, 4) is 0 Å². The Balaban J connectivity index is 1.24. The molecule has 2 bridgehead atoms. The van der Waals surface area contributed by atoms with Gasteiger partial charge in [0.25, 0.3) is 10.0 Å². The second-order valence-corrected chi connectivity index (χ2v) is 11.9. The molecule has 3 fully saturated rings. The molecule has 3 aromatic rings. The summed E-state index contributed by atoms with van der Waals surface area (Å²) in [6.45, 7) is 1.82. The first kappa shape index (κ1) is 24.7. The van der Waals surface area contributed by atoms with Crippen LogP contribution in [0.3, 0.4) is 0 Å². The van der Waals surface area contributed by atoms with Gasteiger partial charge in [-0.1, -0.05) is 35.9 Å². The van der Waals surface area contributed by atoms with Crippen molar-refractivity contribution in [2.24, 2.45) is 5.73 Å². The number of aryl methyl sites for hydroxylation is 1. The number of aromatic nitrogens is 3. The van der Waals surface area contributed by atoms with E-state index in [-0.39, 0.29) is 26.8 Å². The van der Waals surface area contributed by atoms with Crippen molar-refractivity contribution in [1.29, 1.82) is 0 Å². The summed E-state index contributed by atoms with van der Waals surface area (Å²) in [7, 11) is -3.84. The Morgan fingerprint density at radius 2 is 1.64 bits per heavy atom. The highest BCUT2D eigenvalue weighted by Gasteiger charge is 2.46. The van der Waals surface area contributed by atoms with Gasteiger partial charge in [-0.2, -0.15) is 0 Å². The van der Waals surface area contributed by atoms with Gasteiger partial charge in [0.05, 0.1) is 5.02 Å². The summed E-state index contributed by atoms with van der Waals surface area (Å²) in [4.78, 5) is 13.4. The summed E-state index contributed by atoms with van der Waals surface area (Å²) in [6.07, 6.45) is 13.7. The number of hydrogen-bond donors (Lipinski definition) is 3. The van der Waals surface area contributed by atoms with Gasteiger partial charge in [0.1, 0.15) is 10.7 Å². The Morgan fingerprint density at radius 3 is 2.28 bits per heavy atom. The molecule has 0 amide bonds. The predicted molar refractivity (Wildman–Crippen MR) is 143 cm³/mol. The van der Waals surface area contributed by atoms with Gasteiger partial charge in [-0.3, -0.25) is 4.72 Å². The number of nitrogens with two attached hydrogens (primary N) is 1. The minimum Gasteiger partial charge on any atom is -0.349 e. The van der Waals surface area contributed by atoms with Gasteiger partial charge in [-0.05, 0) is 75.3 Å². The van der Waals surface area contributed by atoms with Crippen LogP contribution in [0.1, 0.15) is 55.3 Å². The number of rotatable bonds is 7. The van der Waals surface area contributed by atoms with E-state index in [1.54, 1.807) is 30.6 Å². The van der Waals surface area contributed by atoms with Crippen molar-refractivity contribution < 1.29 is 8.42 Å². The Morgan fingerprint density at radius 1 is 0.972 bits per heavy atom. The van der Waals surface area contributed by atoms with Crippen LogP contribution in [0.2, 0.25) is 5.02 Å². The van der Waals surface area contributed by atoms with Crippen molar-refractivity contribution in [2.45, 2.75) is 61.4 Å². The Hall–Kier alpha value is -3.01. The molecule has 6 rings (SSSR count). The summed E-state index contributed by atoms with van der Waals surface area (Å²) >= 11 is 6.04. The van der Waals surface area contributed by atoms with Gasteiger partial charge >= 0.3 is 0 Å². The minimum atomic E-state index is -3.84. The molecule has 8 nitrogen and oxygen atoms in total. The molecule has 4 N–H and O–H groups in total. The van der Waals surface area contributed by atoms with Crippen LogP contribution >= 0.6 is 11.6 Å². The first-order valence-electron chi connectivity index (χ1n) is 12.0. The van der Waals surface area contributed by atoms with E-state index in [9.17, 15) is 8.42 Å².